The van der Waals surface area contributed by atoms with Crippen molar-refractivity contribution in [1.29, 1.82) is 0 Å². The summed E-state index contributed by atoms with van der Waals surface area (Å²) >= 11 is 1.31. The smallest absolute Gasteiger partial charge is 0.288 e. The van der Waals surface area contributed by atoms with Gasteiger partial charge in [-0.05, 0) is 36.4 Å². The number of benzene rings is 1. The molecule has 2 heterocycles. The van der Waals surface area contributed by atoms with E-state index in [-0.39, 0.29) is 5.56 Å². The Morgan fingerprint density at radius 3 is 2.48 bits per heavy atom. The van der Waals surface area contributed by atoms with Crippen LogP contribution in [0.3, 0.4) is 0 Å². The summed E-state index contributed by atoms with van der Waals surface area (Å²) in [4.78, 5) is 30.8. The van der Waals surface area contributed by atoms with Gasteiger partial charge in [-0.2, -0.15) is 0 Å². The summed E-state index contributed by atoms with van der Waals surface area (Å²) < 4.78 is 23.4. The van der Waals surface area contributed by atoms with Gasteiger partial charge in [-0.3, -0.25) is 14.9 Å². The molecule has 0 unspecified atom stereocenters. The molecule has 0 aliphatic carbocycles. The van der Waals surface area contributed by atoms with Crippen LogP contribution in [0.4, 0.5) is 11.4 Å². The number of nitro groups is 1. The first-order valence-corrected chi connectivity index (χ1v) is 10.8. The number of hydrogen-bond donors (Lipinski definition) is 1. The van der Waals surface area contributed by atoms with Crippen molar-refractivity contribution in [2.75, 3.05) is 11.6 Å². The number of amides is 1. The molecule has 29 heavy (non-hydrogen) atoms. The third kappa shape index (κ3) is 5.15. The van der Waals surface area contributed by atoms with E-state index in [1.165, 1.54) is 24.0 Å². The number of rotatable bonds is 6. The van der Waals surface area contributed by atoms with Gasteiger partial charge in [-0.1, -0.05) is 17.8 Å². The molecule has 0 aliphatic heterocycles. The average Bonchev–Trinajstić information content (AvgIpc) is 2.68. The molecule has 0 fully saturated rings. The van der Waals surface area contributed by atoms with Gasteiger partial charge in [0.15, 0.2) is 9.84 Å². The Balaban J connectivity index is 1.83. The molecular weight excluding hydrogens is 416 g/mol. The number of pyridine rings is 2. The molecule has 0 atom stereocenters. The molecule has 3 rings (SSSR count). The quantitative estimate of drug-likeness (QED) is 0.466. The van der Waals surface area contributed by atoms with Crippen LogP contribution < -0.4 is 5.32 Å². The van der Waals surface area contributed by atoms with Crippen LogP contribution in [-0.2, 0) is 9.84 Å². The first-order chi connectivity index (χ1) is 13.7. The lowest BCUT2D eigenvalue weighted by atomic mass is 10.2. The highest BCUT2D eigenvalue weighted by Gasteiger charge is 2.24. The van der Waals surface area contributed by atoms with Crippen molar-refractivity contribution >= 4 is 38.9 Å². The molecule has 3 aromatic rings. The maximum Gasteiger partial charge on any atom is 0.288 e. The van der Waals surface area contributed by atoms with E-state index in [4.69, 9.17) is 0 Å². The molecule has 1 N–H and O–H groups in total. The van der Waals surface area contributed by atoms with Crippen LogP contribution in [0.15, 0.2) is 75.9 Å². The number of sulfone groups is 1. The van der Waals surface area contributed by atoms with Crippen molar-refractivity contribution in [3.8, 4) is 0 Å². The standard InChI is InChI=1S/C18H14N4O5S2/c1-29(26,27)15-6-5-12(10-14(15)22(24)25)18(23)21-13-7-9-20-17(11-13)28-16-4-2-3-8-19-16/h2-11H,1H3,(H,20,21,23). The van der Waals surface area contributed by atoms with Crippen LogP contribution in [-0.4, -0.2) is 35.5 Å². The number of carbonyl (C=O) groups excluding carboxylic acids is 1. The van der Waals surface area contributed by atoms with Gasteiger partial charge in [-0.25, -0.2) is 18.4 Å². The van der Waals surface area contributed by atoms with E-state index in [1.807, 2.05) is 12.1 Å². The van der Waals surface area contributed by atoms with Crippen LogP contribution in [0.2, 0.25) is 0 Å². The number of anilines is 1. The lowest BCUT2D eigenvalue weighted by Crippen LogP contribution is -2.13. The Kier molecular flexibility index (Phi) is 5.89. The Hall–Kier alpha value is -3.31. The van der Waals surface area contributed by atoms with Crippen molar-refractivity contribution in [3.63, 3.8) is 0 Å². The number of hydrogen-bond acceptors (Lipinski definition) is 8. The molecule has 1 aromatic carbocycles. The first kappa shape index (κ1) is 20.4. The second-order valence-corrected chi connectivity index (χ2v) is 8.84. The fourth-order valence-electron chi connectivity index (χ4n) is 2.38. The van der Waals surface area contributed by atoms with Crippen LogP contribution in [0, 0.1) is 10.1 Å². The zero-order valence-electron chi connectivity index (χ0n) is 15.0. The highest BCUT2D eigenvalue weighted by atomic mass is 32.2. The fourth-order valence-corrected chi connectivity index (χ4v) is 3.98. The first-order valence-electron chi connectivity index (χ1n) is 8.09. The van der Waals surface area contributed by atoms with E-state index in [0.29, 0.717) is 10.7 Å². The van der Waals surface area contributed by atoms with Crippen LogP contribution in [0.1, 0.15) is 10.4 Å². The fraction of sp³-hybridized carbons (Fsp3) is 0.0556. The Labute approximate surface area is 170 Å². The van der Waals surface area contributed by atoms with Crippen molar-refractivity contribution in [2.24, 2.45) is 0 Å². The monoisotopic (exact) mass is 430 g/mol. The summed E-state index contributed by atoms with van der Waals surface area (Å²) in [6.45, 7) is 0. The van der Waals surface area contributed by atoms with Crippen molar-refractivity contribution in [2.45, 2.75) is 14.9 Å². The number of nitro benzene ring substituents is 1. The second kappa shape index (κ2) is 8.37. The van der Waals surface area contributed by atoms with Crippen molar-refractivity contribution < 1.29 is 18.1 Å². The normalized spacial score (nSPS) is 11.1. The Morgan fingerprint density at radius 1 is 1.07 bits per heavy atom. The van der Waals surface area contributed by atoms with E-state index in [1.54, 1.807) is 24.4 Å². The van der Waals surface area contributed by atoms with E-state index in [9.17, 15) is 23.3 Å². The molecule has 9 nitrogen and oxygen atoms in total. The summed E-state index contributed by atoms with van der Waals surface area (Å²) in [5, 5.41) is 15.2. The Bertz CT molecular complexity index is 1180. The van der Waals surface area contributed by atoms with Gasteiger partial charge in [0, 0.05) is 36.0 Å². The van der Waals surface area contributed by atoms with Crippen molar-refractivity contribution in [1.82, 2.24) is 9.97 Å². The third-order valence-electron chi connectivity index (χ3n) is 3.66. The molecule has 0 radical (unpaired) electrons. The molecule has 0 saturated carbocycles. The SMILES string of the molecule is CS(=O)(=O)c1ccc(C(=O)Nc2ccnc(Sc3ccccn3)c2)cc1[N+](=O)[O-]. The van der Waals surface area contributed by atoms with E-state index < -0.39 is 31.3 Å². The summed E-state index contributed by atoms with van der Waals surface area (Å²) in [6, 6.07) is 11.9. The van der Waals surface area contributed by atoms with Crippen LogP contribution >= 0.6 is 11.8 Å². The predicted octanol–water partition coefficient (Wildman–Crippen LogP) is 3.19. The molecule has 0 aliphatic rings. The molecular formula is C18H14N4O5S2. The average molecular weight is 430 g/mol. The predicted molar refractivity (Wildman–Crippen MR) is 107 cm³/mol. The van der Waals surface area contributed by atoms with Crippen molar-refractivity contribution in [3.05, 3.63) is 76.6 Å². The zero-order valence-corrected chi connectivity index (χ0v) is 16.6. The lowest BCUT2D eigenvalue weighted by Gasteiger charge is -2.08. The lowest BCUT2D eigenvalue weighted by molar-refractivity contribution is -0.387. The summed E-state index contributed by atoms with van der Waals surface area (Å²) in [7, 11) is -3.81. The van der Waals surface area contributed by atoms with E-state index >= 15 is 0 Å². The minimum Gasteiger partial charge on any atom is -0.322 e. The van der Waals surface area contributed by atoms with E-state index in [2.05, 4.69) is 15.3 Å². The summed E-state index contributed by atoms with van der Waals surface area (Å²) in [5.41, 5.74) is -0.264. The minimum atomic E-state index is -3.81. The molecule has 0 saturated heterocycles. The van der Waals surface area contributed by atoms with Gasteiger partial charge in [-0.15, -0.1) is 0 Å². The summed E-state index contributed by atoms with van der Waals surface area (Å²) in [6.07, 6.45) is 4.03. The van der Waals surface area contributed by atoms with Gasteiger partial charge in [0.1, 0.15) is 14.9 Å². The van der Waals surface area contributed by atoms with E-state index in [0.717, 1.165) is 23.4 Å². The van der Waals surface area contributed by atoms with Gasteiger partial charge in [0.2, 0.25) is 0 Å². The zero-order chi connectivity index (χ0) is 21.0. The molecule has 11 heteroatoms. The largest absolute Gasteiger partial charge is 0.322 e. The number of aromatic nitrogens is 2. The topological polar surface area (TPSA) is 132 Å². The molecule has 148 valence electrons. The van der Waals surface area contributed by atoms with Crippen LogP contribution in [0.5, 0.6) is 0 Å². The molecule has 2 aromatic heterocycles. The molecule has 1 amide bonds. The summed E-state index contributed by atoms with van der Waals surface area (Å²) in [5.74, 6) is -0.617. The third-order valence-corrected chi connectivity index (χ3v) is 5.68. The maximum absolute atomic E-state index is 12.5. The van der Waals surface area contributed by atoms with Gasteiger partial charge in [0.25, 0.3) is 11.6 Å². The number of nitrogens with one attached hydrogen (secondary N) is 1. The number of carbonyl (C=O) groups is 1. The highest BCUT2D eigenvalue weighted by molar-refractivity contribution is 7.99. The van der Waals surface area contributed by atoms with Gasteiger partial charge < -0.3 is 5.32 Å². The highest BCUT2D eigenvalue weighted by Crippen LogP contribution is 2.27. The van der Waals surface area contributed by atoms with Gasteiger partial charge in [0.05, 0.1) is 4.92 Å². The maximum atomic E-state index is 12.5. The second-order valence-electron chi connectivity index (χ2n) is 5.82. The minimum absolute atomic E-state index is 0.0418. The molecule has 0 spiro atoms. The van der Waals surface area contributed by atoms with Crippen LogP contribution in [0.25, 0.3) is 0 Å². The Morgan fingerprint density at radius 2 is 1.83 bits per heavy atom. The number of nitrogens with zero attached hydrogens (tertiary/aromatic N) is 3. The van der Waals surface area contributed by atoms with Gasteiger partial charge >= 0.3 is 0 Å². The molecule has 0 bridgehead atoms.